The second-order valence-electron chi connectivity index (χ2n) is 19.5. The Bertz CT molecular complexity index is 1270. The lowest BCUT2D eigenvalue weighted by Crippen LogP contribution is -2.29. The average molecular weight is 993 g/mol. The molecular weight excluding hydrogens is 882 g/mol. The SMILES string of the molecule is CC/C=C\C/C=C\C/C=C\CCCCCC(=O)OC(COC(=O)CCCCCCCCCCCCCCCCCCCCCCCCC/C=C\CCCCCCCCCC)COP(=O)(O)OCCN. The van der Waals surface area contributed by atoms with Crippen LogP contribution in [0.25, 0.3) is 0 Å². The van der Waals surface area contributed by atoms with E-state index in [0.29, 0.717) is 6.42 Å². The first-order chi connectivity index (χ1) is 33.8. The first-order valence-electron chi connectivity index (χ1n) is 29.1. The minimum absolute atomic E-state index is 0.0483. The lowest BCUT2D eigenvalue weighted by atomic mass is 10.0. The molecule has 0 fully saturated rings. The van der Waals surface area contributed by atoms with Gasteiger partial charge in [0.2, 0.25) is 0 Å². The van der Waals surface area contributed by atoms with Crippen molar-refractivity contribution in [1.29, 1.82) is 0 Å². The molecule has 404 valence electrons. The number of allylic oxidation sites excluding steroid dienone is 8. The third kappa shape index (κ3) is 55.1. The number of esters is 2. The highest BCUT2D eigenvalue weighted by Crippen LogP contribution is 2.43. The molecule has 0 spiro atoms. The van der Waals surface area contributed by atoms with Gasteiger partial charge >= 0.3 is 19.8 Å². The van der Waals surface area contributed by atoms with Crippen molar-refractivity contribution in [3.8, 4) is 0 Å². The van der Waals surface area contributed by atoms with Crippen molar-refractivity contribution in [3.05, 3.63) is 48.6 Å². The summed E-state index contributed by atoms with van der Waals surface area (Å²) in [5.41, 5.74) is 5.36. The second kappa shape index (κ2) is 55.3. The normalized spacial score (nSPS) is 13.4. The molecular formula is C59H110NO8P. The zero-order valence-corrected chi connectivity index (χ0v) is 45.9. The third-order valence-electron chi connectivity index (χ3n) is 12.7. The summed E-state index contributed by atoms with van der Waals surface area (Å²) < 4.78 is 32.9. The summed E-state index contributed by atoms with van der Waals surface area (Å²) in [7, 11) is -4.39. The van der Waals surface area contributed by atoms with Gasteiger partial charge in [-0.2, -0.15) is 0 Å². The Balaban J connectivity index is 3.78. The monoisotopic (exact) mass is 992 g/mol. The maximum atomic E-state index is 12.6. The Hall–Kier alpha value is -2.03. The summed E-state index contributed by atoms with van der Waals surface area (Å²) in [4.78, 5) is 35.0. The van der Waals surface area contributed by atoms with Gasteiger partial charge in [0.25, 0.3) is 0 Å². The Morgan fingerprint density at radius 2 is 0.797 bits per heavy atom. The van der Waals surface area contributed by atoms with Crippen LogP contribution in [0.3, 0.4) is 0 Å². The Morgan fingerprint density at radius 1 is 0.449 bits per heavy atom. The molecule has 0 aromatic carbocycles. The Morgan fingerprint density at radius 3 is 1.22 bits per heavy atom. The van der Waals surface area contributed by atoms with E-state index in [9.17, 15) is 19.0 Å². The molecule has 0 rings (SSSR count). The van der Waals surface area contributed by atoms with Crippen molar-refractivity contribution in [2.24, 2.45) is 5.73 Å². The molecule has 0 aromatic heterocycles. The molecule has 2 atom stereocenters. The smallest absolute Gasteiger partial charge is 0.462 e. The minimum atomic E-state index is -4.39. The lowest BCUT2D eigenvalue weighted by molar-refractivity contribution is -0.161. The van der Waals surface area contributed by atoms with Crippen LogP contribution in [0.4, 0.5) is 0 Å². The van der Waals surface area contributed by atoms with Crippen molar-refractivity contribution < 1.29 is 37.6 Å². The number of phosphoric ester groups is 1. The molecule has 10 heteroatoms. The number of hydrogen-bond donors (Lipinski definition) is 2. The van der Waals surface area contributed by atoms with Gasteiger partial charge in [-0.05, 0) is 70.6 Å². The maximum absolute atomic E-state index is 12.6. The van der Waals surface area contributed by atoms with Crippen LogP contribution in [0.1, 0.15) is 284 Å². The highest BCUT2D eigenvalue weighted by molar-refractivity contribution is 7.47. The molecule has 69 heavy (non-hydrogen) atoms. The number of carbonyl (C=O) groups excluding carboxylic acids is 2. The predicted molar refractivity (Wildman–Crippen MR) is 293 cm³/mol. The van der Waals surface area contributed by atoms with E-state index in [1.165, 1.54) is 193 Å². The number of phosphoric acid groups is 1. The van der Waals surface area contributed by atoms with Gasteiger partial charge < -0.3 is 20.1 Å². The van der Waals surface area contributed by atoms with E-state index in [4.69, 9.17) is 24.3 Å². The number of hydrogen-bond acceptors (Lipinski definition) is 8. The van der Waals surface area contributed by atoms with Gasteiger partial charge in [-0.3, -0.25) is 18.6 Å². The highest BCUT2D eigenvalue weighted by atomic mass is 31.2. The molecule has 0 saturated heterocycles. The van der Waals surface area contributed by atoms with Gasteiger partial charge in [-0.1, -0.05) is 249 Å². The van der Waals surface area contributed by atoms with Gasteiger partial charge in [0.05, 0.1) is 13.2 Å². The van der Waals surface area contributed by atoms with Crippen LogP contribution >= 0.6 is 7.82 Å². The average Bonchev–Trinajstić information content (AvgIpc) is 3.34. The lowest BCUT2D eigenvalue weighted by Gasteiger charge is -2.19. The summed E-state index contributed by atoms with van der Waals surface area (Å²) in [6, 6.07) is 0. The van der Waals surface area contributed by atoms with Crippen LogP contribution in [-0.4, -0.2) is 49.3 Å². The summed E-state index contributed by atoms with van der Waals surface area (Å²) in [5.74, 6) is -0.854. The quantitative estimate of drug-likeness (QED) is 0.0264. The van der Waals surface area contributed by atoms with E-state index in [2.05, 4.69) is 62.5 Å². The maximum Gasteiger partial charge on any atom is 0.472 e. The number of unbranched alkanes of at least 4 members (excludes halogenated alkanes) is 34. The van der Waals surface area contributed by atoms with Gasteiger partial charge in [0.1, 0.15) is 6.61 Å². The molecule has 0 aromatic rings. The molecule has 0 aliphatic carbocycles. The molecule has 9 nitrogen and oxygen atoms in total. The fourth-order valence-corrected chi connectivity index (χ4v) is 9.18. The number of nitrogens with two attached hydrogens (primary N) is 1. The van der Waals surface area contributed by atoms with Gasteiger partial charge in [-0.15, -0.1) is 0 Å². The molecule has 0 amide bonds. The molecule has 0 aliphatic heterocycles. The van der Waals surface area contributed by atoms with Gasteiger partial charge in [0, 0.05) is 19.4 Å². The largest absolute Gasteiger partial charge is 0.472 e. The van der Waals surface area contributed by atoms with E-state index in [0.717, 1.165) is 57.8 Å². The molecule has 0 saturated carbocycles. The van der Waals surface area contributed by atoms with Crippen LogP contribution in [0.15, 0.2) is 48.6 Å². The molecule has 3 N–H and O–H groups in total. The zero-order valence-electron chi connectivity index (χ0n) is 45.1. The highest BCUT2D eigenvalue weighted by Gasteiger charge is 2.26. The summed E-state index contributed by atoms with van der Waals surface area (Å²) in [5, 5.41) is 0. The van der Waals surface area contributed by atoms with Gasteiger partial charge in [-0.25, -0.2) is 4.57 Å². The molecule has 0 radical (unpaired) electrons. The minimum Gasteiger partial charge on any atom is -0.462 e. The number of carbonyl (C=O) groups is 2. The van der Waals surface area contributed by atoms with Crippen molar-refractivity contribution >= 4 is 19.8 Å². The standard InChI is InChI=1S/C59H110NO8P/c1-3-5-7-9-11-13-15-17-18-19-20-21-22-23-24-25-26-27-28-29-30-31-32-33-34-35-36-37-38-40-41-43-45-47-49-51-58(61)65-55-57(56-67-69(63,64)66-54-53-60)68-59(62)52-50-48-46-44-42-39-16-14-12-10-8-6-4-2/h6,8,12,14,19-20,39,42,57H,3-5,7,9-11,13,15-18,21-38,40-41,43-56,60H2,1-2H3,(H,63,64)/b8-6-,14-12-,20-19-,42-39-. The fraction of sp³-hybridized carbons (Fsp3) is 0.831. The van der Waals surface area contributed by atoms with Crippen LogP contribution in [-0.2, 0) is 32.7 Å². The van der Waals surface area contributed by atoms with E-state index < -0.39 is 26.5 Å². The first kappa shape index (κ1) is 67.0. The number of rotatable bonds is 55. The van der Waals surface area contributed by atoms with Crippen molar-refractivity contribution in [2.45, 2.75) is 290 Å². The van der Waals surface area contributed by atoms with E-state index in [-0.39, 0.29) is 38.6 Å². The third-order valence-corrected chi connectivity index (χ3v) is 13.7. The summed E-state index contributed by atoms with van der Waals surface area (Å²) >= 11 is 0. The summed E-state index contributed by atoms with van der Waals surface area (Å²) in [6.45, 7) is 3.61. The van der Waals surface area contributed by atoms with E-state index in [1.54, 1.807) is 0 Å². The Kier molecular flexibility index (Phi) is 53.7. The molecule has 2 unspecified atom stereocenters. The Labute approximate surface area is 426 Å². The molecule has 0 aliphatic rings. The van der Waals surface area contributed by atoms with Crippen molar-refractivity contribution in [2.75, 3.05) is 26.4 Å². The summed E-state index contributed by atoms with van der Waals surface area (Å²) in [6.07, 6.45) is 67.8. The van der Waals surface area contributed by atoms with Crippen LogP contribution in [0.2, 0.25) is 0 Å². The topological polar surface area (TPSA) is 134 Å². The van der Waals surface area contributed by atoms with Crippen LogP contribution < -0.4 is 5.73 Å². The zero-order chi connectivity index (χ0) is 50.2. The fourth-order valence-electron chi connectivity index (χ4n) is 8.41. The van der Waals surface area contributed by atoms with Gasteiger partial charge in [0.15, 0.2) is 6.10 Å². The molecule has 0 heterocycles. The van der Waals surface area contributed by atoms with Crippen LogP contribution in [0.5, 0.6) is 0 Å². The van der Waals surface area contributed by atoms with E-state index >= 15 is 0 Å². The van der Waals surface area contributed by atoms with Crippen molar-refractivity contribution in [3.63, 3.8) is 0 Å². The van der Waals surface area contributed by atoms with Crippen LogP contribution in [0, 0.1) is 0 Å². The number of ether oxygens (including phenoxy) is 2. The second-order valence-corrected chi connectivity index (χ2v) is 20.9. The molecule has 0 bridgehead atoms. The predicted octanol–water partition coefficient (Wildman–Crippen LogP) is 18.2. The van der Waals surface area contributed by atoms with E-state index in [1.807, 2.05) is 0 Å². The first-order valence-corrected chi connectivity index (χ1v) is 30.6. The van der Waals surface area contributed by atoms with Crippen molar-refractivity contribution in [1.82, 2.24) is 0 Å².